The van der Waals surface area contributed by atoms with Gasteiger partial charge in [0.15, 0.2) is 0 Å². The van der Waals surface area contributed by atoms with Crippen molar-refractivity contribution in [1.82, 2.24) is 15.1 Å². The van der Waals surface area contributed by atoms with Crippen molar-refractivity contribution in [1.29, 1.82) is 0 Å². The largest absolute Gasteiger partial charge is 0.349 e. The van der Waals surface area contributed by atoms with Crippen LogP contribution in [0.4, 0.5) is 0 Å². The van der Waals surface area contributed by atoms with Gasteiger partial charge >= 0.3 is 0 Å². The SMILES string of the molecule is C[C@@H]1CCCN1CCN1CCc2cc(C(=O)NC3Cc4ccccc4C3)ccc2C1=O. The summed E-state index contributed by atoms with van der Waals surface area (Å²) < 4.78 is 0. The van der Waals surface area contributed by atoms with Crippen LogP contribution < -0.4 is 5.32 Å². The van der Waals surface area contributed by atoms with Gasteiger partial charge in [0.05, 0.1) is 0 Å². The van der Waals surface area contributed by atoms with Crippen LogP contribution in [0.5, 0.6) is 0 Å². The number of rotatable bonds is 5. The van der Waals surface area contributed by atoms with Crippen molar-refractivity contribution in [2.24, 2.45) is 0 Å². The van der Waals surface area contributed by atoms with Gasteiger partial charge in [-0.2, -0.15) is 0 Å². The maximum Gasteiger partial charge on any atom is 0.254 e. The molecule has 31 heavy (non-hydrogen) atoms. The molecular formula is C26H31N3O2. The molecule has 2 aromatic rings. The lowest BCUT2D eigenvalue weighted by Gasteiger charge is -2.31. The average Bonchev–Trinajstić information content (AvgIpc) is 3.38. The molecule has 5 heteroatoms. The normalized spacial score (nSPS) is 21.3. The molecule has 2 amide bonds. The summed E-state index contributed by atoms with van der Waals surface area (Å²) in [5.74, 6) is 0.0600. The summed E-state index contributed by atoms with van der Waals surface area (Å²) in [6.45, 7) is 5.89. The Kier molecular flexibility index (Phi) is 5.53. The van der Waals surface area contributed by atoms with Gasteiger partial charge in [-0.3, -0.25) is 14.5 Å². The van der Waals surface area contributed by atoms with Crippen molar-refractivity contribution >= 4 is 11.8 Å². The zero-order valence-electron chi connectivity index (χ0n) is 18.3. The minimum Gasteiger partial charge on any atom is -0.349 e. The van der Waals surface area contributed by atoms with Crippen LogP contribution in [0.25, 0.3) is 0 Å². The molecule has 1 atom stereocenters. The quantitative estimate of drug-likeness (QED) is 0.814. The van der Waals surface area contributed by atoms with Crippen LogP contribution in [0.2, 0.25) is 0 Å². The first-order valence-corrected chi connectivity index (χ1v) is 11.6. The smallest absolute Gasteiger partial charge is 0.254 e. The van der Waals surface area contributed by atoms with Crippen LogP contribution in [0.1, 0.15) is 57.2 Å². The van der Waals surface area contributed by atoms with Crippen LogP contribution in [0.3, 0.4) is 0 Å². The van der Waals surface area contributed by atoms with E-state index in [1.807, 2.05) is 17.0 Å². The van der Waals surface area contributed by atoms with Gasteiger partial charge in [0.1, 0.15) is 0 Å². The van der Waals surface area contributed by atoms with Gasteiger partial charge < -0.3 is 10.2 Å². The van der Waals surface area contributed by atoms with Gasteiger partial charge in [0, 0.05) is 42.8 Å². The fourth-order valence-corrected chi connectivity index (χ4v) is 5.39. The number of carbonyl (C=O) groups is 2. The highest BCUT2D eigenvalue weighted by molar-refractivity contribution is 6.00. The lowest BCUT2D eigenvalue weighted by molar-refractivity contribution is 0.0716. The molecule has 5 nitrogen and oxygen atoms in total. The summed E-state index contributed by atoms with van der Waals surface area (Å²) in [4.78, 5) is 30.3. The molecule has 2 aromatic carbocycles. The van der Waals surface area contributed by atoms with Crippen molar-refractivity contribution in [3.63, 3.8) is 0 Å². The Morgan fingerprint density at radius 2 is 1.81 bits per heavy atom. The van der Waals surface area contributed by atoms with E-state index in [-0.39, 0.29) is 17.9 Å². The molecule has 0 unspecified atom stereocenters. The summed E-state index contributed by atoms with van der Waals surface area (Å²) in [5, 5.41) is 3.18. The van der Waals surface area contributed by atoms with Crippen LogP contribution >= 0.6 is 0 Å². The molecule has 1 fully saturated rings. The maximum atomic E-state index is 13.0. The van der Waals surface area contributed by atoms with E-state index < -0.39 is 0 Å². The highest BCUT2D eigenvalue weighted by Crippen LogP contribution is 2.24. The van der Waals surface area contributed by atoms with E-state index in [2.05, 4.69) is 41.4 Å². The molecule has 162 valence electrons. The molecule has 3 aliphatic rings. The van der Waals surface area contributed by atoms with Gasteiger partial charge in [-0.25, -0.2) is 0 Å². The third-order valence-electron chi connectivity index (χ3n) is 7.27. The zero-order valence-corrected chi connectivity index (χ0v) is 18.3. The number of likely N-dealkylation sites (tertiary alicyclic amines) is 1. The molecule has 0 radical (unpaired) electrons. The minimum atomic E-state index is -0.0431. The Labute approximate surface area is 184 Å². The Bertz CT molecular complexity index is 977. The van der Waals surface area contributed by atoms with Gasteiger partial charge in [-0.15, -0.1) is 0 Å². The summed E-state index contributed by atoms with van der Waals surface area (Å²) >= 11 is 0. The maximum absolute atomic E-state index is 13.0. The van der Waals surface area contributed by atoms with Crippen LogP contribution in [0.15, 0.2) is 42.5 Å². The summed E-state index contributed by atoms with van der Waals surface area (Å²) in [6, 6.07) is 14.7. The number of nitrogens with one attached hydrogen (secondary N) is 1. The number of nitrogens with zero attached hydrogens (tertiary/aromatic N) is 2. The van der Waals surface area contributed by atoms with E-state index in [1.54, 1.807) is 6.07 Å². The van der Waals surface area contributed by atoms with E-state index in [0.717, 1.165) is 56.6 Å². The fourth-order valence-electron chi connectivity index (χ4n) is 5.39. The van der Waals surface area contributed by atoms with Crippen molar-refractivity contribution in [2.45, 2.75) is 51.1 Å². The van der Waals surface area contributed by atoms with Gasteiger partial charge in [-0.1, -0.05) is 24.3 Å². The second kappa shape index (κ2) is 8.46. The predicted molar refractivity (Wildman–Crippen MR) is 121 cm³/mol. The number of amides is 2. The van der Waals surface area contributed by atoms with Gasteiger partial charge in [0.2, 0.25) is 0 Å². The first kappa shape index (κ1) is 20.3. The summed E-state index contributed by atoms with van der Waals surface area (Å²) in [6.07, 6.45) is 5.10. The molecule has 0 spiro atoms. The second-order valence-electron chi connectivity index (χ2n) is 9.29. The summed E-state index contributed by atoms with van der Waals surface area (Å²) in [7, 11) is 0. The molecule has 0 aromatic heterocycles. The standard InChI is InChI=1S/C26H31N3O2/c1-18-5-4-11-28(18)13-14-29-12-10-21-15-22(8-9-24(21)26(29)31)25(30)27-23-16-19-6-2-3-7-20(19)17-23/h2-3,6-9,15,18,23H,4-5,10-14,16-17H2,1H3,(H,27,30)/t18-/m1/s1. The van der Waals surface area contributed by atoms with Crippen LogP contribution in [-0.4, -0.2) is 59.9 Å². The number of benzene rings is 2. The Balaban J connectivity index is 1.21. The fraction of sp³-hybridized carbons (Fsp3) is 0.462. The van der Waals surface area contributed by atoms with Crippen LogP contribution in [0, 0.1) is 0 Å². The van der Waals surface area contributed by atoms with Gasteiger partial charge in [-0.05, 0) is 80.5 Å². The highest BCUT2D eigenvalue weighted by Gasteiger charge is 2.28. The van der Waals surface area contributed by atoms with E-state index in [0.29, 0.717) is 11.6 Å². The monoisotopic (exact) mass is 417 g/mol. The first-order valence-electron chi connectivity index (χ1n) is 11.6. The lowest BCUT2D eigenvalue weighted by atomic mass is 9.96. The first-order chi connectivity index (χ1) is 15.1. The number of fused-ring (bicyclic) bond motifs is 2. The molecule has 1 aliphatic carbocycles. The second-order valence-corrected chi connectivity index (χ2v) is 9.29. The number of hydrogen-bond donors (Lipinski definition) is 1. The Morgan fingerprint density at radius 3 is 2.52 bits per heavy atom. The number of carbonyl (C=O) groups excluding carboxylic acids is 2. The topological polar surface area (TPSA) is 52.6 Å². The molecule has 0 saturated carbocycles. The van der Waals surface area contributed by atoms with Crippen LogP contribution in [-0.2, 0) is 19.3 Å². The van der Waals surface area contributed by atoms with Crippen molar-refractivity contribution in [2.75, 3.05) is 26.2 Å². The molecule has 1 N–H and O–H groups in total. The number of hydrogen-bond acceptors (Lipinski definition) is 3. The molecule has 2 aliphatic heterocycles. The summed E-state index contributed by atoms with van der Waals surface area (Å²) in [5.41, 5.74) is 5.06. The molecule has 2 heterocycles. The average molecular weight is 418 g/mol. The third kappa shape index (κ3) is 4.11. The Morgan fingerprint density at radius 1 is 1.03 bits per heavy atom. The lowest BCUT2D eigenvalue weighted by Crippen LogP contribution is -2.43. The van der Waals surface area contributed by atoms with Crippen molar-refractivity contribution in [3.8, 4) is 0 Å². The van der Waals surface area contributed by atoms with E-state index in [1.165, 1.54) is 24.0 Å². The van der Waals surface area contributed by atoms with E-state index in [4.69, 9.17) is 0 Å². The predicted octanol–water partition coefficient (Wildman–Crippen LogP) is 3.07. The third-order valence-corrected chi connectivity index (χ3v) is 7.27. The molecule has 5 rings (SSSR count). The van der Waals surface area contributed by atoms with Crippen molar-refractivity contribution in [3.05, 3.63) is 70.3 Å². The molecule has 0 bridgehead atoms. The van der Waals surface area contributed by atoms with Crippen molar-refractivity contribution < 1.29 is 9.59 Å². The molecule has 1 saturated heterocycles. The Hall–Kier alpha value is -2.66. The highest BCUT2D eigenvalue weighted by atomic mass is 16.2. The van der Waals surface area contributed by atoms with Gasteiger partial charge in [0.25, 0.3) is 11.8 Å². The zero-order chi connectivity index (χ0) is 21.4. The van der Waals surface area contributed by atoms with E-state index in [9.17, 15) is 9.59 Å². The minimum absolute atomic E-state index is 0.0431. The molecular weight excluding hydrogens is 386 g/mol. The van der Waals surface area contributed by atoms with E-state index >= 15 is 0 Å².